The second-order valence-corrected chi connectivity index (χ2v) is 5.83. The Morgan fingerprint density at radius 3 is 3.05 bits per heavy atom. The predicted octanol–water partition coefficient (Wildman–Crippen LogP) is 1.21. The Labute approximate surface area is 132 Å². The highest BCUT2D eigenvalue weighted by molar-refractivity contribution is 5.94. The Morgan fingerprint density at radius 1 is 1.50 bits per heavy atom. The lowest BCUT2D eigenvalue weighted by atomic mass is 9.98. The van der Waals surface area contributed by atoms with Crippen LogP contribution in [0.3, 0.4) is 0 Å². The van der Waals surface area contributed by atoms with Gasteiger partial charge in [-0.05, 0) is 44.5 Å². The van der Waals surface area contributed by atoms with Crippen LogP contribution in [-0.4, -0.2) is 62.7 Å². The molecule has 1 unspecified atom stereocenters. The van der Waals surface area contributed by atoms with Gasteiger partial charge in [-0.2, -0.15) is 0 Å². The average Bonchev–Trinajstić information content (AvgIpc) is 2.54. The summed E-state index contributed by atoms with van der Waals surface area (Å²) in [5, 5.41) is 6.14. The van der Waals surface area contributed by atoms with Gasteiger partial charge in [0.05, 0.1) is 12.2 Å². The third-order valence-electron chi connectivity index (χ3n) is 3.91. The maximum Gasteiger partial charge on any atom is 0.252 e. The number of hydrogen-bond acceptors (Lipinski definition) is 5. The topological polar surface area (TPSA) is 66.5 Å². The Kier molecular flexibility index (Phi) is 6.61. The fourth-order valence-corrected chi connectivity index (χ4v) is 2.69. The smallest absolute Gasteiger partial charge is 0.252 e. The van der Waals surface area contributed by atoms with Crippen LogP contribution in [0.4, 0.5) is 5.82 Å². The third kappa shape index (κ3) is 5.27. The molecule has 0 bridgehead atoms. The lowest BCUT2D eigenvalue weighted by molar-refractivity contribution is 0.0937. The quantitative estimate of drug-likeness (QED) is 0.741. The van der Waals surface area contributed by atoms with Gasteiger partial charge in [-0.3, -0.25) is 4.79 Å². The number of piperidine rings is 1. The Morgan fingerprint density at radius 2 is 2.36 bits per heavy atom. The largest absolute Gasteiger partial charge is 0.383 e. The number of nitrogens with one attached hydrogen (secondary N) is 2. The van der Waals surface area contributed by atoms with Crippen LogP contribution in [0.25, 0.3) is 0 Å². The molecule has 0 aliphatic carbocycles. The van der Waals surface area contributed by atoms with E-state index in [4.69, 9.17) is 4.74 Å². The van der Waals surface area contributed by atoms with Crippen LogP contribution in [0.15, 0.2) is 18.3 Å². The van der Waals surface area contributed by atoms with Gasteiger partial charge in [0, 0.05) is 32.9 Å². The van der Waals surface area contributed by atoms with E-state index in [1.165, 1.54) is 19.4 Å². The van der Waals surface area contributed by atoms with Crippen LogP contribution < -0.4 is 10.6 Å². The van der Waals surface area contributed by atoms with Crippen molar-refractivity contribution in [2.75, 3.05) is 52.3 Å². The van der Waals surface area contributed by atoms with E-state index >= 15 is 0 Å². The second-order valence-electron chi connectivity index (χ2n) is 5.83. The van der Waals surface area contributed by atoms with Crippen LogP contribution in [0.5, 0.6) is 0 Å². The van der Waals surface area contributed by atoms with Crippen molar-refractivity contribution in [3.8, 4) is 0 Å². The number of carbonyl (C=O) groups excluding carboxylic acids is 1. The van der Waals surface area contributed by atoms with E-state index in [2.05, 4.69) is 27.6 Å². The molecule has 1 aliphatic heterocycles. The minimum absolute atomic E-state index is 0.120. The number of amides is 1. The first-order chi connectivity index (χ1) is 10.7. The summed E-state index contributed by atoms with van der Waals surface area (Å²) in [4.78, 5) is 18.5. The number of methoxy groups -OCH3 is 1. The van der Waals surface area contributed by atoms with Crippen LogP contribution in [0, 0.1) is 5.92 Å². The number of aromatic nitrogens is 1. The van der Waals surface area contributed by atoms with E-state index in [1.807, 2.05) is 6.07 Å². The molecule has 1 aromatic rings. The molecule has 1 amide bonds. The molecular formula is C16H26N4O2. The first kappa shape index (κ1) is 16.7. The zero-order valence-electron chi connectivity index (χ0n) is 13.5. The van der Waals surface area contributed by atoms with Crippen LogP contribution in [0.1, 0.15) is 23.2 Å². The SMILES string of the molecule is COCCNC(=O)c1ccc(NCC2CCCN(C)C2)nc1. The van der Waals surface area contributed by atoms with Crippen molar-refractivity contribution < 1.29 is 9.53 Å². The third-order valence-corrected chi connectivity index (χ3v) is 3.91. The van der Waals surface area contributed by atoms with E-state index in [0.717, 1.165) is 18.9 Å². The number of hydrogen-bond donors (Lipinski definition) is 2. The van der Waals surface area contributed by atoms with Gasteiger partial charge >= 0.3 is 0 Å². The summed E-state index contributed by atoms with van der Waals surface area (Å²) in [6.45, 7) is 4.27. The number of anilines is 1. The molecule has 1 fully saturated rings. The van der Waals surface area contributed by atoms with E-state index in [0.29, 0.717) is 24.6 Å². The molecule has 2 rings (SSSR count). The van der Waals surface area contributed by atoms with Gasteiger partial charge in [-0.15, -0.1) is 0 Å². The first-order valence-corrected chi connectivity index (χ1v) is 7.84. The van der Waals surface area contributed by atoms with Gasteiger partial charge in [0.25, 0.3) is 5.91 Å². The number of carbonyl (C=O) groups is 1. The van der Waals surface area contributed by atoms with Gasteiger partial charge in [-0.25, -0.2) is 4.98 Å². The Bertz CT molecular complexity index is 464. The maximum atomic E-state index is 11.8. The Balaban J connectivity index is 1.77. The molecule has 2 heterocycles. The van der Waals surface area contributed by atoms with Crippen molar-refractivity contribution in [1.29, 1.82) is 0 Å². The van der Waals surface area contributed by atoms with E-state index < -0.39 is 0 Å². The van der Waals surface area contributed by atoms with Crippen molar-refractivity contribution in [2.45, 2.75) is 12.8 Å². The van der Waals surface area contributed by atoms with E-state index in [-0.39, 0.29) is 5.91 Å². The van der Waals surface area contributed by atoms with Gasteiger partial charge < -0.3 is 20.3 Å². The molecule has 122 valence electrons. The van der Waals surface area contributed by atoms with Gasteiger partial charge in [0.15, 0.2) is 0 Å². The van der Waals surface area contributed by atoms with Gasteiger partial charge in [-0.1, -0.05) is 0 Å². The molecule has 1 aromatic heterocycles. The predicted molar refractivity (Wildman–Crippen MR) is 87.2 cm³/mol. The van der Waals surface area contributed by atoms with Crippen LogP contribution >= 0.6 is 0 Å². The summed E-state index contributed by atoms with van der Waals surface area (Å²) in [7, 11) is 3.78. The Hall–Kier alpha value is -1.66. The molecule has 22 heavy (non-hydrogen) atoms. The fraction of sp³-hybridized carbons (Fsp3) is 0.625. The summed E-state index contributed by atoms with van der Waals surface area (Å²) < 4.78 is 4.90. The minimum Gasteiger partial charge on any atom is -0.383 e. The van der Waals surface area contributed by atoms with Crippen molar-refractivity contribution in [3.05, 3.63) is 23.9 Å². The molecule has 1 saturated heterocycles. The molecule has 0 spiro atoms. The monoisotopic (exact) mass is 306 g/mol. The molecular weight excluding hydrogens is 280 g/mol. The average molecular weight is 306 g/mol. The summed E-state index contributed by atoms with van der Waals surface area (Å²) >= 11 is 0. The molecule has 0 radical (unpaired) electrons. The highest BCUT2D eigenvalue weighted by atomic mass is 16.5. The normalized spacial score (nSPS) is 18.9. The molecule has 6 nitrogen and oxygen atoms in total. The summed E-state index contributed by atoms with van der Waals surface area (Å²) in [6.07, 6.45) is 4.13. The molecule has 1 aliphatic rings. The lowest BCUT2D eigenvalue weighted by Crippen LogP contribution is -2.35. The molecule has 2 N–H and O–H groups in total. The maximum absolute atomic E-state index is 11.8. The number of likely N-dealkylation sites (tertiary alicyclic amines) is 1. The van der Waals surface area contributed by atoms with Crippen molar-refractivity contribution >= 4 is 11.7 Å². The zero-order chi connectivity index (χ0) is 15.8. The molecule has 0 saturated carbocycles. The number of rotatable bonds is 7. The lowest BCUT2D eigenvalue weighted by Gasteiger charge is -2.29. The molecule has 6 heteroatoms. The molecule has 1 atom stereocenters. The zero-order valence-corrected chi connectivity index (χ0v) is 13.5. The van der Waals surface area contributed by atoms with Crippen LogP contribution in [0.2, 0.25) is 0 Å². The standard InChI is InChI=1S/C16H26N4O2/c1-20-8-3-4-13(12-20)10-18-15-6-5-14(11-19-15)16(21)17-7-9-22-2/h5-6,11,13H,3-4,7-10,12H2,1-2H3,(H,17,21)(H,18,19). The molecule has 0 aromatic carbocycles. The second kappa shape index (κ2) is 8.70. The summed E-state index contributed by atoms with van der Waals surface area (Å²) in [5.74, 6) is 1.37. The van der Waals surface area contributed by atoms with E-state index in [1.54, 1.807) is 19.4 Å². The summed E-state index contributed by atoms with van der Waals surface area (Å²) in [6, 6.07) is 3.65. The summed E-state index contributed by atoms with van der Waals surface area (Å²) in [5.41, 5.74) is 0.569. The van der Waals surface area contributed by atoms with Crippen LogP contribution in [-0.2, 0) is 4.74 Å². The highest BCUT2D eigenvalue weighted by Crippen LogP contribution is 2.15. The van der Waals surface area contributed by atoms with E-state index in [9.17, 15) is 4.79 Å². The number of pyridine rings is 1. The first-order valence-electron chi connectivity index (χ1n) is 7.84. The fourth-order valence-electron chi connectivity index (χ4n) is 2.69. The highest BCUT2D eigenvalue weighted by Gasteiger charge is 2.16. The number of ether oxygens (including phenoxy) is 1. The van der Waals surface area contributed by atoms with Gasteiger partial charge in [0.2, 0.25) is 0 Å². The van der Waals surface area contributed by atoms with Crippen molar-refractivity contribution in [1.82, 2.24) is 15.2 Å². The minimum atomic E-state index is -0.120. The van der Waals surface area contributed by atoms with Gasteiger partial charge in [0.1, 0.15) is 5.82 Å². The number of nitrogens with zero attached hydrogens (tertiary/aromatic N) is 2. The van der Waals surface area contributed by atoms with Crippen molar-refractivity contribution in [3.63, 3.8) is 0 Å². The van der Waals surface area contributed by atoms with Crippen molar-refractivity contribution in [2.24, 2.45) is 5.92 Å².